The molecular weight excluding hydrogens is 335 g/mol. The van der Waals surface area contributed by atoms with Gasteiger partial charge in [-0.1, -0.05) is 29.3 Å². The summed E-state index contributed by atoms with van der Waals surface area (Å²) in [4.78, 5) is 16.9. The van der Waals surface area contributed by atoms with Crippen LogP contribution in [0.5, 0.6) is 0 Å². The maximum absolute atomic E-state index is 12.7. The van der Waals surface area contributed by atoms with Crippen molar-refractivity contribution in [3.05, 3.63) is 33.8 Å². The molecule has 1 aromatic carbocycles. The number of carbonyl (C=O) groups is 1. The van der Waals surface area contributed by atoms with Crippen molar-refractivity contribution in [2.24, 2.45) is 5.92 Å². The molecule has 2 heterocycles. The van der Waals surface area contributed by atoms with Crippen molar-refractivity contribution in [1.29, 1.82) is 0 Å². The zero-order valence-electron chi connectivity index (χ0n) is 13.1. The van der Waals surface area contributed by atoms with Gasteiger partial charge in [-0.2, -0.15) is 0 Å². The molecule has 4 nitrogen and oxygen atoms in total. The minimum atomic E-state index is 0.0907. The molecule has 1 amide bonds. The third kappa shape index (κ3) is 4.38. The second kappa shape index (κ2) is 7.84. The Balaban J connectivity index is 1.60. The number of morpholine rings is 1. The van der Waals surface area contributed by atoms with Crippen molar-refractivity contribution in [2.75, 3.05) is 39.4 Å². The highest BCUT2D eigenvalue weighted by atomic mass is 35.5. The van der Waals surface area contributed by atoms with Gasteiger partial charge < -0.3 is 9.64 Å². The van der Waals surface area contributed by atoms with Crippen LogP contribution in [0.25, 0.3) is 0 Å². The van der Waals surface area contributed by atoms with E-state index < -0.39 is 0 Å². The van der Waals surface area contributed by atoms with Gasteiger partial charge in [0.15, 0.2) is 0 Å². The van der Waals surface area contributed by atoms with E-state index in [4.69, 9.17) is 27.9 Å². The number of carbonyl (C=O) groups excluding carboxylic acids is 1. The van der Waals surface area contributed by atoms with Gasteiger partial charge in [0.25, 0.3) is 0 Å². The molecule has 0 unspecified atom stereocenters. The average Bonchev–Trinajstić information content (AvgIpc) is 2.58. The zero-order chi connectivity index (χ0) is 16.2. The molecule has 0 bridgehead atoms. The smallest absolute Gasteiger partial charge is 0.227 e. The van der Waals surface area contributed by atoms with Crippen LogP contribution in [0.2, 0.25) is 10.0 Å². The summed E-state index contributed by atoms with van der Waals surface area (Å²) in [6.07, 6.45) is 2.02. The lowest BCUT2D eigenvalue weighted by Crippen LogP contribution is -2.48. The van der Waals surface area contributed by atoms with Crippen LogP contribution < -0.4 is 0 Å². The molecule has 2 fully saturated rings. The first-order chi connectivity index (χ1) is 11.1. The van der Waals surface area contributed by atoms with Crippen molar-refractivity contribution in [3.63, 3.8) is 0 Å². The van der Waals surface area contributed by atoms with Gasteiger partial charge in [0.1, 0.15) is 0 Å². The summed E-state index contributed by atoms with van der Waals surface area (Å²) in [5, 5.41) is 1.34. The Morgan fingerprint density at radius 1 is 1.22 bits per heavy atom. The molecule has 0 aromatic heterocycles. The molecule has 3 rings (SSSR count). The number of hydrogen-bond donors (Lipinski definition) is 0. The second-order valence-corrected chi connectivity index (χ2v) is 7.09. The largest absolute Gasteiger partial charge is 0.378 e. The summed E-state index contributed by atoms with van der Waals surface area (Å²) in [5.41, 5.74) is 1.07. The highest BCUT2D eigenvalue weighted by Gasteiger charge is 2.30. The first kappa shape index (κ1) is 17.0. The maximum atomic E-state index is 12.7. The van der Waals surface area contributed by atoms with E-state index in [9.17, 15) is 4.79 Å². The third-order valence-electron chi connectivity index (χ3n) is 4.59. The highest BCUT2D eigenvalue weighted by Crippen LogP contribution is 2.25. The van der Waals surface area contributed by atoms with E-state index in [0.29, 0.717) is 23.3 Å². The Morgan fingerprint density at radius 2 is 2.00 bits per heavy atom. The van der Waals surface area contributed by atoms with Gasteiger partial charge >= 0.3 is 0 Å². The van der Waals surface area contributed by atoms with Crippen LogP contribution in [0, 0.1) is 5.92 Å². The number of hydrogen-bond acceptors (Lipinski definition) is 3. The molecule has 126 valence electrons. The van der Waals surface area contributed by atoms with Crippen LogP contribution in [-0.2, 0) is 16.1 Å². The van der Waals surface area contributed by atoms with E-state index >= 15 is 0 Å². The molecule has 1 aromatic rings. The average molecular weight is 357 g/mol. The zero-order valence-corrected chi connectivity index (χ0v) is 14.7. The van der Waals surface area contributed by atoms with E-state index in [1.54, 1.807) is 6.07 Å². The van der Waals surface area contributed by atoms with Gasteiger partial charge in [-0.15, -0.1) is 0 Å². The van der Waals surface area contributed by atoms with Crippen molar-refractivity contribution in [2.45, 2.75) is 19.4 Å². The fourth-order valence-corrected chi connectivity index (χ4v) is 3.80. The molecule has 6 heteroatoms. The fourth-order valence-electron chi connectivity index (χ4n) is 3.33. The lowest BCUT2D eigenvalue weighted by molar-refractivity contribution is -0.141. The molecule has 0 saturated carbocycles. The predicted molar refractivity (Wildman–Crippen MR) is 91.9 cm³/mol. The summed E-state index contributed by atoms with van der Waals surface area (Å²) in [6, 6.07) is 5.61. The van der Waals surface area contributed by atoms with Gasteiger partial charge in [-0.25, -0.2) is 0 Å². The Bertz CT molecular complexity index is 562. The molecule has 2 aliphatic rings. The van der Waals surface area contributed by atoms with Crippen molar-refractivity contribution in [3.8, 4) is 0 Å². The van der Waals surface area contributed by atoms with Crippen LogP contribution in [0.4, 0.5) is 0 Å². The van der Waals surface area contributed by atoms with Crippen LogP contribution in [0.3, 0.4) is 0 Å². The SMILES string of the molecule is O=C([C@H]1CCCN(Cc2ccc(Cl)cc2Cl)C1)N1CCOCC1. The lowest BCUT2D eigenvalue weighted by atomic mass is 9.96. The van der Waals surface area contributed by atoms with Crippen LogP contribution in [0.15, 0.2) is 18.2 Å². The number of halogens is 2. The minimum Gasteiger partial charge on any atom is -0.378 e. The molecular formula is C17H22Cl2N2O2. The minimum absolute atomic E-state index is 0.0907. The van der Waals surface area contributed by atoms with E-state index in [1.165, 1.54) is 0 Å². The van der Waals surface area contributed by atoms with Gasteiger partial charge in [-0.3, -0.25) is 9.69 Å². The van der Waals surface area contributed by atoms with E-state index in [1.807, 2.05) is 17.0 Å². The third-order valence-corrected chi connectivity index (χ3v) is 5.17. The number of ether oxygens (including phenoxy) is 1. The molecule has 2 aliphatic heterocycles. The summed E-state index contributed by atoms with van der Waals surface area (Å²) in [5.74, 6) is 0.369. The number of rotatable bonds is 3. The van der Waals surface area contributed by atoms with Crippen molar-refractivity contribution >= 4 is 29.1 Å². The highest BCUT2D eigenvalue weighted by molar-refractivity contribution is 6.35. The normalized spacial score (nSPS) is 23.0. The molecule has 0 N–H and O–H groups in total. The second-order valence-electron chi connectivity index (χ2n) is 6.25. The Kier molecular flexibility index (Phi) is 5.81. The van der Waals surface area contributed by atoms with E-state index in [2.05, 4.69) is 4.90 Å². The van der Waals surface area contributed by atoms with Crippen LogP contribution in [-0.4, -0.2) is 55.1 Å². The summed E-state index contributed by atoms with van der Waals surface area (Å²) < 4.78 is 5.33. The van der Waals surface area contributed by atoms with Gasteiger partial charge in [0.05, 0.1) is 19.1 Å². The number of piperidine rings is 1. The quantitative estimate of drug-likeness (QED) is 0.834. The number of likely N-dealkylation sites (tertiary alicyclic amines) is 1. The lowest BCUT2D eigenvalue weighted by Gasteiger charge is -2.36. The number of nitrogens with zero attached hydrogens (tertiary/aromatic N) is 2. The number of amides is 1. The molecule has 0 aliphatic carbocycles. The Hall–Kier alpha value is -0.810. The maximum Gasteiger partial charge on any atom is 0.227 e. The summed E-state index contributed by atoms with van der Waals surface area (Å²) in [7, 11) is 0. The standard InChI is InChI=1S/C17H22Cl2N2O2/c18-15-4-3-13(16(19)10-15)11-20-5-1-2-14(12-20)17(22)21-6-8-23-9-7-21/h3-4,10,14H,1-2,5-9,11-12H2/t14-/m0/s1. The van der Waals surface area contributed by atoms with Crippen LogP contribution in [0.1, 0.15) is 18.4 Å². The van der Waals surface area contributed by atoms with Crippen molar-refractivity contribution < 1.29 is 9.53 Å². The molecule has 0 radical (unpaired) electrons. The first-order valence-corrected chi connectivity index (χ1v) is 8.92. The molecule has 1 atom stereocenters. The fraction of sp³-hybridized carbons (Fsp3) is 0.588. The van der Waals surface area contributed by atoms with Crippen molar-refractivity contribution in [1.82, 2.24) is 9.80 Å². The van der Waals surface area contributed by atoms with E-state index in [-0.39, 0.29) is 11.8 Å². The Labute approximate surface area is 147 Å². The van der Waals surface area contributed by atoms with Gasteiger partial charge in [0, 0.05) is 36.2 Å². The monoisotopic (exact) mass is 356 g/mol. The first-order valence-electron chi connectivity index (χ1n) is 8.16. The van der Waals surface area contributed by atoms with Crippen LogP contribution >= 0.6 is 23.2 Å². The van der Waals surface area contributed by atoms with Gasteiger partial charge in [-0.05, 0) is 37.1 Å². The summed E-state index contributed by atoms with van der Waals surface area (Å²) in [6.45, 7) is 5.33. The van der Waals surface area contributed by atoms with Gasteiger partial charge in [0.2, 0.25) is 5.91 Å². The topological polar surface area (TPSA) is 32.8 Å². The predicted octanol–water partition coefficient (Wildman–Crippen LogP) is 3.06. The number of benzene rings is 1. The van der Waals surface area contributed by atoms with E-state index in [0.717, 1.165) is 51.1 Å². The summed E-state index contributed by atoms with van der Waals surface area (Å²) >= 11 is 12.2. The molecule has 0 spiro atoms. The molecule has 23 heavy (non-hydrogen) atoms. The Morgan fingerprint density at radius 3 is 2.74 bits per heavy atom. The molecule has 2 saturated heterocycles.